The molecule has 5 aromatic rings. The first-order valence-corrected chi connectivity index (χ1v) is 14.0. The molecule has 0 saturated carbocycles. The second kappa shape index (κ2) is 10.9. The number of anilines is 1. The highest BCUT2D eigenvalue weighted by atomic mass is 16.6. The van der Waals surface area contributed by atoms with E-state index in [9.17, 15) is 9.59 Å². The molecular weight excluding hydrogens is 546 g/mol. The van der Waals surface area contributed by atoms with Crippen molar-refractivity contribution in [1.29, 1.82) is 0 Å². The lowest BCUT2D eigenvalue weighted by Crippen LogP contribution is -2.41. The molecule has 1 aliphatic rings. The number of nitrogens with one attached hydrogen (secondary N) is 1. The number of carbonyl (C=O) groups is 2. The first kappa shape index (κ1) is 27.9. The Labute approximate surface area is 248 Å². The third-order valence-corrected chi connectivity index (χ3v) is 7.19. The monoisotopic (exact) mass is 579 g/mol. The average molecular weight is 580 g/mol. The van der Waals surface area contributed by atoms with Crippen LogP contribution in [0.3, 0.4) is 0 Å². The molecule has 1 aliphatic carbocycles. The summed E-state index contributed by atoms with van der Waals surface area (Å²) in [4.78, 5) is 40.5. The number of rotatable bonds is 6. The summed E-state index contributed by atoms with van der Waals surface area (Å²) in [5.41, 5.74) is 10.7. The van der Waals surface area contributed by atoms with Gasteiger partial charge in [0.1, 0.15) is 23.5 Å². The van der Waals surface area contributed by atoms with Gasteiger partial charge in [-0.2, -0.15) is 5.10 Å². The van der Waals surface area contributed by atoms with Crippen molar-refractivity contribution in [2.24, 2.45) is 0 Å². The number of hydrogen-bond acceptors (Lipinski definition) is 8. The molecule has 0 saturated heterocycles. The zero-order valence-electron chi connectivity index (χ0n) is 24.5. The van der Waals surface area contributed by atoms with Crippen LogP contribution in [0.1, 0.15) is 44.4 Å². The van der Waals surface area contributed by atoms with Gasteiger partial charge in [0.15, 0.2) is 17.3 Å². The van der Waals surface area contributed by atoms with Crippen LogP contribution < -0.4 is 11.1 Å². The predicted octanol–water partition coefficient (Wildman–Crippen LogP) is 4.22. The number of aromatic nitrogens is 6. The Balaban J connectivity index is 1.32. The van der Waals surface area contributed by atoms with E-state index in [1.165, 1.54) is 4.90 Å². The number of likely N-dealkylation sites (N-methyl/N-ethyl adjacent to an activating group) is 1. The molecule has 0 aliphatic heterocycles. The Kier molecular flexibility index (Phi) is 7.04. The molecule has 0 spiro atoms. The minimum atomic E-state index is -0.636. The van der Waals surface area contributed by atoms with Crippen LogP contribution in [0.15, 0.2) is 67.1 Å². The van der Waals surface area contributed by atoms with Crippen molar-refractivity contribution in [2.45, 2.75) is 45.3 Å². The summed E-state index contributed by atoms with van der Waals surface area (Å²) in [6.45, 7) is 5.27. The maximum Gasteiger partial charge on any atom is 0.410 e. The summed E-state index contributed by atoms with van der Waals surface area (Å²) in [5.74, 6) is 1.40. The topological polar surface area (TPSA) is 146 Å². The van der Waals surface area contributed by atoms with E-state index < -0.39 is 11.7 Å². The number of amides is 2. The molecule has 0 unspecified atom stereocenters. The summed E-state index contributed by atoms with van der Waals surface area (Å²) in [5, 5.41) is 7.41. The third-order valence-electron chi connectivity index (χ3n) is 7.19. The van der Waals surface area contributed by atoms with Crippen molar-refractivity contribution in [2.75, 3.05) is 19.3 Å². The van der Waals surface area contributed by atoms with Crippen LogP contribution in [-0.4, -0.2) is 65.4 Å². The van der Waals surface area contributed by atoms with Gasteiger partial charge in [0, 0.05) is 31.3 Å². The largest absolute Gasteiger partial charge is 0.444 e. The molecule has 2 amide bonds. The molecule has 0 radical (unpaired) electrons. The molecular formula is C31H33N9O3. The summed E-state index contributed by atoms with van der Waals surface area (Å²) < 4.78 is 9.04. The number of hydrogen-bond donors (Lipinski definition) is 2. The lowest BCUT2D eigenvalue weighted by atomic mass is 10.1. The van der Waals surface area contributed by atoms with E-state index in [0.717, 1.165) is 29.7 Å². The van der Waals surface area contributed by atoms with Gasteiger partial charge in [-0.3, -0.25) is 9.36 Å². The Morgan fingerprint density at radius 2 is 1.95 bits per heavy atom. The van der Waals surface area contributed by atoms with E-state index >= 15 is 0 Å². The lowest BCUT2D eigenvalue weighted by Gasteiger charge is -2.25. The molecule has 6 rings (SSSR count). The van der Waals surface area contributed by atoms with Gasteiger partial charge in [0.25, 0.3) is 0 Å². The van der Waals surface area contributed by atoms with Crippen LogP contribution in [-0.2, 0) is 16.0 Å². The van der Waals surface area contributed by atoms with Crippen molar-refractivity contribution in [3.05, 3.63) is 78.2 Å². The highest BCUT2D eigenvalue weighted by Crippen LogP contribution is 2.36. The highest BCUT2D eigenvalue weighted by Gasteiger charge is 2.27. The molecule has 4 heterocycles. The van der Waals surface area contributed by atoms with Crippen LogP contribution >= 0.6 is 0 Å². The van der Waals surface area contributed by atoms with E-state index in [1.807, 2.05) is 53.2 Å². The summed E-state index contributed by atoms with van der Waals surface area (Å²) in [6, 6.07) is 15.3. The van der Waals surface area contributed by atoms with E-state index in [1.54, 1.807) is 44.9 Å². The molecule has 43 heavy (non-hydrogen) atoms. The van der Waals surface area contributed by atoms with Crippen molar-refractivity contribution >= 4 is 29.0 Å². The van der Waals surface area contributed by atoms with Crippen molar-refractivity contribution in [1.82, 2.24) is 39.5 Å². The van der Waals surface area contributed by atoms with Gasteiger partial charge in [-0.15, -0.1) is 0 Å². The number of nitrogens with two attached hydrogens (primary N) is 1. The number of pyridine rings is 2. The smallest absolute Gasteiger partial charge is 0.410 e. The van der Waals surface area contributed by atoms with E-state index in [2.05, 4.69) is 21.5 Å². The third kappa shape index (κ3) is 5.63. The van der Waals surface area contributed by atoms with E-state index in [-0.39, 0.29) is 18.5 Å². The summed E-state index contributed by atoms with van der Waals surface area (Å²) in [6.07, 6.45) is 6.17. The molecule has 0 bridgehead atoms. The molecule has 3 N–H and O–H groups in total. The second-order valence-electron chi connectivity index (χ2n) is 11.5. The predicted molar refractivity (Wildman–Crippen MR) is 162 cm³/mol. The van der Waals surface area contributed by atoms with E-state index in [0.29, 0.717) is 34.2 Å². The fourth-order valence-electron chi connectivity index (χ4n) is 5.26. The summed E-state index contributed by atoms with van der Waals surface area (Å²) in [7, 11) is 1.55. The minimum absolute atomic E-state index is 0.0972. The van der Waals surface area contributed by atoms with Gasteiger partial charge >= 0.3 is 6.09 Å². The van der Waals surface area contributed by atoms with Crippen LogP contribution in [0.4, 0.5) is 10.6 Å². The Morgan fingerprint density at radius 3 is 2.70 bits per heavy atom. The van der Waals surface area contributed by atoms with Crippen LogP contribution in [0.2, 0.25) is 0 Å². The van der Waals surface area contributed by atoms with Crippen LogP contribution in [0.25, 0.3) is 34.1 Å². The fraction of sp³-hybridized carbons (Fsp3) is 0.290. The number of imidazole rings is 1. The van der Waals surface area contributed by atoms with Crippen molar-refractivity contribution in [3.8, 4) is 22.9 Å². The molecule has 0 fully saturated rings. The second-order valence-corrected chi connectivity index (χ2v) is 11.5. The number of benzene rings is 1. The Bertz CT molecular complexity index is 1820. The minimum Gasteiger partial charge on any atom is -0.444 e. The standard InChI is InChI=1S/C31H33N9O3/c1-31(2,3)43-30(42)38(4)18-26(41)35-23-11-8-19-17-20(9-10-21(19)23)40-28(22-7-5-14-33-27(22)32)36-24-12-13-25(37-29(24)40)39-16-6-15-34-39/h5-7,9-10,12-17,23H,8,11,18H2,1-4H3,(H2,32,33)(H,35,41)/t23-/m0/s1. The zero-order valence-corrected chi connectivity index (χ0v) is 24.5. The maximum atomic E-state index is 12.8. The van der Waals surface area contributed by atoms with Crippen LogP contribution in [0.5, 0.6) is 0 Å². The number of nitrogens with zero attached hydrogens (tertiary/aromatic N) is 7. The zero-order chi connectivity index (χ0) is 30.3. The molecule has 4 aromatic heterocycles. The first-order valence-electron chi connectivity index (χ1n) is 14.0. The normalized spacial score (nSPS) is 14.5. The van der Waals surface area contributed by atoms with Gasteiger partial charge < -0.3 is 20.7 Å². The number of nitrogen functional groups attached to an aromatic ring is 1. The van der Waals surface area contributed by atoms with Gasteiger partial charge in [0.05, 0.1) is 11.6 Å². The van der Waals surface area contributed by atoms with Crippen LogP contribution in [0, 0.1) is 0 Å². The lowest BCUT2D eigenvalue weighted by molar-refractivity contribution is -0.122. The average Bonchev–Trinajstić information content (AvgIpc) is 3.71. The fourth-order valence-corrected chi connectivity index (χ4v) is 5.26. The molecule has 1 atom stereocenters. The van der Waals surface area contributed by atoms with Gasteiger partial charge in [-0.25, -0.2) is 24.4 Å². The van der Waals surface area contributed by atoms with Gasteiger partial charge in [0.2, 0.25) is 5.91 Å². The Morgan fingerprint density at radius 1 is 1.12 bits per heavy atom. The van der Waals surface area contributed by atoms with Gasteiger partial charge in [-0.1, -0.05) is 6.07 Å². The molecule has 220 valence electrons. The highest BCUT2D eigenvalue weighted by molar-refractivity contribution is 5.84. The SMILES string of the molecule is CN(CC(=O)N[C@H]1CCc2cc(-n3c(-c4cccnc4N)nc4ccc(-n5cccn5)nc43)ccc21)C(=O)OC(C)(C)C. The number of aryl methyl sites for hydroxylation is 1. The molecule has 1 aromatic carbocycles. The first-order chi connectivity index (χ1) is 20.6. The number of fused-ring (bicyclic) bond motifs is 2. The number of ether oxygens (including phenoxy) is 1. The molecule has 12 heteroatoms. The quantitative estimate of drug-likeness (QED) is 0.304. The van der Waals surface area contributed by atoms with E-state index in [4.69, 9.17) is 20.4 Å². The maximum absolute atomic E-state index is 12.8. The van der Waals surface area contributed by atoms with Crippen molar-refractivity contribution in [3.63, 3.8) is 0 Å². The molecule has 12 nitrogen and oxygen atoms in total. The number of carbonyl (C=O) groups excluding carboxylic acids is 2. The summed E-state index contributed by atoms with van der Waals surface area (Å²) >= 11 is 0. The van der Waals surface area contributed by atoms with Gasteiger partial charge in [-0.05, 0) is 87.2 Å². The van der Waals surface area contributed by atoms with Crippen molar-refractivity contribution < 1.29 is 14.3 Å². The Hall–Kier alpha value is -5.26.